The molecule has 3 aromatic rings. The summed E-state index contributed by atoms with van der Waals surface area (Å²) in [4.78, 5) is 18.0. The first-order valence-electron chi connectivity index (χ1n) is 5.48. The molecule has 88 valence electrons. The maximum absolute atomic E-state index is 13.6. The molecule has 18 heavy (non-hydrogen) atoms. The van der Waals surface area contributed by atoms with Gasteiger partial charge in [0.25, 0.3) is 0 Å². The lowest BCUT2D eigenvalue weighted by Crippen LogP contribution is -1.84. The number of fused-ring (bicyclic) bond motifs is 1. The van der Waals surface area contributed by atoms with E-state index in [0.29, 0.717) is 22.5 Å². The molecule has 0 aliphatic rings. The van der Waals surface area contributed by atoms with Crippen LogP contribution in [0, 0.1) is 5.82 Å². The number of hydrogen-bond donors (Lipinski definition) is 1. The molecular weight excluding hydrogens is 231 g/mol. The van der Waals surface area contributed by atoms with Crippen molar-refractivity contribution in [1.29, 1.82) is 0 Å². The topological polar surface area (TPSA) is 45.8 Å². The van der Waals surface area contributed by atoms with Crippen LogP contribution in [-0.2, 0) is 0 Å². The quantitative estimate of drug-likeness (QED) is 0.699. The minimum absolute atomic E-state index is 0.327. The van der Waals surface area contributed by atoms with Gasteiger partial charge in [-0.25, -0.2) is 9.37 Å². The highest BCUT2D eigenvalue weighted by Crippen LogP contribution is 2.23. The fourth-order valence-corrected chi connectivity index (χ4v) is 1.88. The molecule has 4 heteroatoms. The average molecular weight is 240 g/mol. The summed E-state index contributed by atoms with van der Waals surface area (Å²) in [5, 5.41) is 0. The number of nitrogens with one attached hydrogen (secondary N) is 1. The molecule has 1 aromatic heterocycles. The van der Waals surface area contributed by atoms with Crippen LogP contribution in [0.3, 0.4) is 0 Å². The normalized spacial score (nSPS) is 10.7. The molecule has 0 saturated carbocycles. The second-order valence-corrected chi connectivity index (χ2v) is 3.96. The van der Waals surface area contributed by atoms with Gasteiger partial charge in [0.15, 0.2) is 0 Å². The van der Waals surface area contributed by atoms with Crippen molar-refractivity contribution in [2.45, 2.75) is 0 Å². The van der Waals surface area contributed by atoms with Gasteiger partial charge in [0, 0.05) is 5.56 Å². The summed E-state index contributed by atoms with van der Waals surface area (Å²) in [7, 11) is 0. The van der Waals surface area contributed by atoms with Gasteiger partial charge in [-0.3, -0.25) is 4.79 Å². The third-order valence-electron chi connectivity index (χ3n) is 2.77. The molecule has 1 N–H and O–H groups in total. The van der Waals surface area contributed by atoms with Crippen LogP contribution in [0.15, 0.2) is 42.5 Å². The third kappa shape index (κ3) is 1.68. The van der Waals surface area contributed by atoms with E-state index in [9.17, 15) is 9.18 Å². The summed E-state index contributed by atoms with van der Waals surface area (Å²) in [6.45, 7) is 0. The van der Waals surface area contributed by atoms with Crippen LogP contribution in [0.4, 0.5) is 4.39 Å². The number of benzene rings is 2. The Morgan fingerprint density at radius 3 is 2.78 bits per heavy atom. The van der Waals surface area contributed by atoms with Crippen LogP contribution in [-0.4, -0.2) is 16.3 Å². The number of hydrogen-bond acceptors (Lipinski definition) is 2. The van der Waals surface area contributed by atoms with E-state index in [1.807, 2.05) is 0 Å². The van der Waals surface area contributed by atoms with Gasteiger partial charge in [-0.15, -0.1) is 0 Å². The molecule has 0 atom stereocenters. The number of aromatic amines is 1. The maximum atomic E-state index is 13.6. The monoisotopic (exact) mass is 240 g/mol. The van der Waals surface area contributed by atoms with Gasteiger partial charge in [0.2, 0.25) is 0 Å². The molecule has 0 amide bonds. The zero-order chi connectivity index (χ0) is 12.5. The Morgan fingerprint density at radius 1 is 1.17 bits per heavy atom. The van der Waals surface area contributed by atoms with Gasteiger partial charge < -0.3 is 4.98 Å². The Balaban J connectivity index is 2.19. The first-order chi connectivity index (χ1) is 8.78. The lowest BCUT2D eigenvalue weighted by atomic mass is 10.2. The van der Waals surface area contributed by atoms with Crippen molar-refractivity contribution in [3.63, 3.8) is 0 Å². The number of imidazole rings is 1. The lowest BCUT2D eigenvalue weighted by molar-refractivity contribution is 0.112. The van der Waals surface area contributed by atoms with Crippen molar-refractivity contribution < 1.29 is 9.18 Å². The van der Waals surface area contributed by atoms with Crippen molar-refractivity contribution in [2.75, 3.05) is 0 Å². The molecule has 0 aliphatic heterocycles. The van der Waals surface area contributed by atoms with E-state index in [4.69, 9.17) is 0 Å². The van der Waals surface area contributed by atoms with Gasteiger partial charge in [-0.05, 0) is 30.3 Å². The highest BCUT2D eigenvalue weighted by molar-refractivity contribution is 5.86. The predicted octanol–water partition coefficient (Wildman–Crippen LogP) is 3.18. The fourth-order valence-electron chi connectivity index (χ4n) is 1.88. The zero-order valence-corrected chi connectivity index (χ0v) is 9.35. The van der Waals surface area contributed by atoms with Gasteiger partial charge in [-0.1, -0.05) is 12.1 Å². The highest BCUT2D eigenvalue weighted by Gasteiger charge is 2.09. The van der Waals surface area contributed by atoms with E-state index < -0.39 is 0 Å². The molecular formula is C14H9FN2O. The van der Waals surface area contributed by atoms with Gasteiger partial charge in [0.05, 0.1) is 16.6 Å². The molecule has 0 bridgehead atoms. The minimum Gasteiger partial charge on any atom is -0.338 e. The molecule has 0 unspecified atom stereocenters. The van der Waals surface area contributed by atoms with Gasteiger partial charge in [0.1, 0.15) is 17.9 Å². The van der Waals surface area contributed by atoms with Gasteiger partial charge >= 0.3 is 0 Å². The van der Waals surface area contributed by atoms with E-state index in [0.717, 1.165) is 11.8 Å². The molecule has 2 aromatic carbocycles. The zero-order valence-electron chi connectivity index (χ0n) is 9.35. The van der Waals surface area contributed by atoms with Crippen LogP contribution in [0.25, 0.3) is 22.4 Å². The van der Waals surface area contributed by atoms with Crippen molar-refractivity contribution in [2.24, 2.45) is 0 Å². The van der Waals surface area contributed by atoms with Crippen LogP contribution in [0.1, 0.15) is 10.4 Å². The maximum Gasteiger partial charge on any atom is 0.150 e. The second-order valence-electron chi connectivity index (χ2n) is 3.96. The molecule has 0 radical (unpaired) electrons. The number of aromatic nitrogens is 2. The number of H-pyrrole nitrogens is 1. The Labute approximate surface area is 102 Å². The van der Waals surface area contributed by atoms with Crippen LogP contribution in [0.5, 0.6) is 0 Å². The number of carbonyl (C=O) groups excluding carboxylic acids is 1. The average Bonchev–Trinajstić information content (AvgIpc) is 2.81. The highest BCUT2D eigenvalue weighted by atomic mass is 19.1. The predicted molar refractivity (Wildman–Crippen MR) is 66.9 cm³/mol. The summed E-state index contributed by atoms with van der Waals surface area (Å²) in [6, 6.07) is 11.5. The molecule has 3 nitrogen and oxygen atoms in total. The molecule has 0 fully saturated rings. The van der Waals surface area contributed by atoms with Crippen molar-refractivity contribution in [3.8, 4) is 11.4 Å². The van der Waals surface area contributed by atoms with E-state index in [2.05, 4.69) is 9.97 Å². The van der Waals surface area contributed by atoms with Gasteiger partial charge in [-0.2, -0.15) is 0 Å². The number of carbonyl (C=O) groups is 1. The Kier molecular flexibility index (Phi) is 2.41. The molecule has 1 heterocycles. The number of halogens is 1. The van der Waals surface area contributed by atoms with Crippen molar-refractivity contribution in [3.05, 3.63) is 53.8 Å². The van der Waals surface area contributed by atoms with E-state index in [-0.39, 0.29) is 5.82 Å². The van der Waals surface area contributed by atoms with Crippen LogP contribution in [0.2, 0.25) is 0 Å². The summed E-state index contributed by atoms with van der Waals surface area (Å²) < 4.78 is 13.6. The summed E-state index contributed by atoms with van der Waals surface area (Å²) in [5.74, 6) is 0.137. The molecule has 3 rings (SSSR count). The summed E-state index contributed by atoms with van der Waals surface area (Å²) in [5.41, 5.74) is 2.41. The number of rotatable bonds is 2. The summed E-state index contributed by atoms with van der Waals surface area (Å²) >= 11 is 0. The Hall–Kier alpha value is -2.49. The van der Waals surface area contributed by atoms with E-state index in [1.54, 1.807) is 36.4 Å². The molecule has 0 saturated heterocycles. The van der Waals surface area contributed by atoms with Crippen molar-refractivity contribution in [1.82, 2.24) is 9.97 Å². The smallest absolute Gasteiger partial charge is 0.150 e. The number of aldehydes is 1. The Morgan fingerprint density at radius 2 is 2.00 bits per heavy atom. The first kappa shape index (κ1) is 10.7. The Bertz CT molecular complexity index is 733. The SMILES string of the molecule is O=Cc1ccc2nc(-c3ccccc3F)[nH]c2c1. The van der Waals surface area contributed by atoms with Crippen molar-refractivity contribution >= 4 is 17.3 Å². The van der Waals surface area contributed by atoms with E-state index >= 15 is 0 Å². The standard InChI is InChI=1S/C14H9FN2O/c15-11-4-2-1-3-10(11)14-16-12-6-5-9(8-18)7-13(12)17-14/h1-8H,(H,16,17). The summed E-state index contributed by atoms with van der Waals surface area (Å²) in [6.07, 6.45) is 0.767. The first-order valence-corrected chi connectivity index (χ1v) is 5.48. The fraction of sp³-hybridized carbons (Fsp3) is 0. The minimum atomic E-state index is -0.327. The largest absolute Gasteiger partial charge is 0.338 e. The van der Waals surface area contributed by atoms with Crippen LogP contribution >= 0.6 is 0 Å². The molecule has 0 aliphatic carbocycles. The number of nitrogens with zero attached hydrogens (tertiary/aromatic N) is 1. The third-order valence-corrected chi connectivity index (χ3v) is 2.77. The van der Waals surface area contributed by atoms with E-state index in [1.165, 1.54) is 6.07 Å². The second kappa shape index (κ2) is 4.07. The molecule has 0 spiro atoms. The van der Waals surface area contributed by atoms with Crippen LogP contribution < -0.4 is 0 Å². The lowest BCUT2D eigenvalue weighted by Gasteiger charge is -1.96.